The molecular weight excluding hydrogens is 339 g/mol. The Labute approximate surface area is 143 Å². The van der Waals surface area contributed by atoms with E-state index < -0.39 is 13.3 Å². The number of hydrogen-bond donors (Lipinski definition) is 0. The summed E-state index contributed by atoms with van der Waals surface area (Å²) < 4.78 is 1.62. The third kappa shape index (κ3) is 3.71. The molecule has 0 radical (unpaired) electrons. The van der Waals surface area contributed by atoms with Crippen molar-refractivity contribution < 1.29 is 0 Å². The van der Waals surface area contributed by atoms with Crippen molar-refractivity contribution in [3.8, 4) is 11.3 Å². The Morgan fingerprint density at radius 3 is 2.30 bits per heavy atom. The van der Waals surface area contributed by atoms with E-state index in [1.165, 1.54) is 48.9 Å². The minimum atomic E-state index is -1.90. The molecule has 1 fully saturated rings. The van der Waals surface area contributed by atoms with Crippen molar-refractivity contribution in [2.75, 3.05) is 0 Å². The Morgan fingerprint density at radius 2 is 1.70 bits per heavy atom. The molecule has 0 atom stereocenters. The minimum absolute atomic E-state index is 0.892. The molecule has 0 unspecified atom stereocenters. The van der Waals surface area contributed by atoms with Crippen molar-refractivity contribution in [2.45, 2.75) is 56.3 Å². The summed E-state index contributed by atoms with van der Waals surface area (Å²) in [6, 6.07) is 10.7. The van der Waals surface area contributed by atoms with Crippen LogP contribution in [0, 0.1) is 12.8 Å². The van der Waals surface area contributed by atoms with Crippen LogP contribution < -0.4 is 4.40 Å². The topological polar surface area (TPSA) is 12.9 Å². The summed E-state index contributed by atoms with van der Waals surface area (Å²) in [5.74, 6) is 8.38. The van der Waals surface area contributed by atoms with Crippen LogP contribution in [0.5, 0.6) is 0 Å². The Kier molecular flexibility index (Phi) is 4.96. The number of nitrogens with zero attached hydrogens (tertiary/aromatic N) is 1. The van der Waals surface area contributed by atoms with Gasteiger partial charge in [-0.15, -0.1) is 0 Å². The second kappa shape index (κ2) is 6.80. The number of hydrogen-bond acceptors (Lipinski definition) is 1. The van der Waals surface area contributed by atoms with Crippen LogP contribution in [0.4, 0.5) is 0 Å². The number of aromatic nitrogens is 1. The molecule has 2 heteroatoms. The summed E-state index contributed by atoms with van der Waals surface area (Å²) in [5, 5.41) is 0. The summed E-state index contributed by atoms with van der Waals surface area (Å²) in [4.78, 5) is 4.90. The predicted molar refractivity (Wildman–Crippen MR) is 103 cm³/mol. The Morgan fingerprint density at radius 1 is 1.04 bits per heavy atom. The van der Waals surface area contributed by atoms with Gasteiger partial charge in [-0.25, -0.2) is 0 Å². The Hall–Kier alpha value is -1.09. The zero-order chi connectivity index (χ0) is 16.4. The molecule has 0 bridgehead atoms. The fourth-order valence-electron chi connectivity index (χ4n) is 3.95. The van der Waals surface area contributed by atoms with Gasteiger partial charge >= 0.3 is 144 Å². The second-order valence-corrected chi connectivity index (χ2v) is 18.7. The van der Waals surface area contributed by atoms with Gasteiger partial charge in [-0.1, -0.05) is 0 Å². The summed E-state index contributed by atoms with van der Waals surface area (Å²) in [6.07, 6.45) is 9.17. The van der Waals surface area contributed by atoms with Crippen LogP contribution in [0.1, 0.15) is 36.8 Å². The van der Waals surface area contributed by atoms with E-state index in [1.54, 1.807) is 9.96 Å². The first kappa shape index (κ1) is 16.8. The van der Waals surface area contributed by atoms with E-state index in [4.69, 9.17) is 4.98 Å². The number of pyridine rings is 1. The molecule has 0 N–H and O–H groups in total. The van der Waals surface area contributed by atoms with Gasteiger partial charge in [0.1, 0.15) is 0 Å². The molecule has 1 aliphatic rings. The van der Waals surface area contributed by atoms with Crippen molar-refractivity contribution in [1.29, 1.82) is 0 Å². The Balaban J connectivity index is 2.07. The van der Waals surface area contributed by atoms with Crippen LogP contribution in [0.15, 0.2) is 36.5 Å². The van der Waals surface area contributed by atoms with E-state index in [2.05, 4.69) is 60.7 Å². The van der Waals surface area contributed by atoms with Crippen LogP contribution in [0.25, 0.3) is 11.3 Å². The quantitative estimate of drug-likeness (QED) is 0.665. The van der Waals surface area contributed by atoms with Gasteiger partial charge in [0.2, 0.25) is 0 Å². The van der Waals surface area contributed by atoms with E-state index >= 15 is 0 Å². The van der Waals surface area contributed by atoms with Crippen LogP contribution in [0.2, 0.25) is 17.3 Å². The van der Waals surface area contributed by atoms with Gasteiger partial charge in [0.15, 0.2) is 0 Å². The van der Waals surface area contributed by atoms with E-state index in [9.17, 15) is 0 Å². The molecule has 1 nitrogen and oxygen atoms in total. The first-order chi connectivity index (χ1) is 11.0. The van der Waals surface area contributed by atoms with Gasteiger partial charge in [-0.3, -0.25) is 0 Å². The zero-order valence-electron chi connectivity index (χ0n) is 15.0. The SMILES string of the molecule is Cc1c(-c2ccccc2)nc[c]([Ge]([CH3])([CH3])[CH3])c1CC1CCCC1. The number of benzene rings is 1. The van der Waals surface area contributed by atoms with E-state index in [-0.39, 0.29) is 0 Å². The third-order valence-electron chi connectivity index (χ3n) is 5.28. The zero-order valence-corrected chi connectivity index (χ0v) is 17.1. The average Bonchev–Trinajstić information content (AvgIpc) is 3.02. The third-order valence-corrected chi connectivity index (χ3v) is 9.57. The summed E-state index contributed by atoms with van der Waals surface area (Å²) >= 11 is -1.90. The number of rotatable bonds is 4. The van der Waals surface area contributed by atoms with Gasteiger partial charge in [0.25, 0.3) is 0 Å². The van der Waals surface area contributed by atoms with Crippen molar-refractivity contribution >= 4 is 17.7 Å². The molecule has 0 spiro atoms. The van der Waals surface area contributed by atoms with Gasteiger partial charge in [-0.05, 0) is 0 Å². The predicted octanol–water partition coefficient (Wildman–Crippen LogP) is 5.33. The van der Waals surface area contributed by atoms with Crippen molar-refractivity contribution in [1.82, 2.24) is 4.98 Å². The molecule has 2 aromatic rings. The summed E-state index contributed by atoms with van der Waals surface area (Å²) in [6.45, 7) is 2.30. The summed E-state index contributed by atoms with van der Waals surface area (Å²) in [7, 11) is 0. The molecule has 0 aliphatic heterocycles. The van der Waals surface area contributed by atoms with Gasteiger partial charge < -0.3 is 0 Å². The molecule has 0 amide bonds. The molecule has 1 aromatic carbocycles. The van der Waals surface area contributed by atoms with E-state index in [0.29, 0.717) is 0 Å². The maximum absolute atomic E-state index is 4.90. The first-order valence-corrected chi connectivity index (χ1v) is 16.4. The fraction of sp³-hybridized carbons (Fsp3) is 0.476. The molecule has 1 heterocycles. The molecule has 1 saturated carbocycles. The normalized spacial score (nSPS) is 16.0. The maximum atomic E-state index is 4.90. The van der Waals surface area contributed by atoms with E-state index in [1.807, 2.05) is 0 Å². The average molecular weight is 368 g/mol. The van der Waals surface area contributed by atoms with Crippen LogP contribution >= 0.6 is 0 Å². The molecule has 122 valence electrons. The van der Waals surface area contributed by atoms with Crippen LogP contribution in [-0.4, -0.2) is 18.3 Å². The van der Waals surface area contributed by atoms with Crippen LogP contribution in [-0.2, 0) is 6.42 Å². The molecule has 1 aliphatic carbocycles. The molecule has 23 heavy (non-hydrogen) atoms. The second-order valence-electron chi connectivity index (χ2n) is 8.09. The molecular formula is C21H29GeN. The van der Waals surface area contributed by atoms with Crippen molar-refractivity contribution in [2.24, 2.45) is 5.92 Å². The first-order valence-electron chi connectivity index (χ1n) is 9.01. The fourth-order valence-corrected chi connectivity index (χ4v) is 7.40. The van der Waals surface area contributed by atoms with Crippen molar-refractivity contribution in [3.05, 3.63) is 47.7 Å². The van der Waals surface area contributed by atoms with Gasteiger partial charge in [0, 0.05) is 0 Å². The molecule has 0 saturated heterocycles. The van der Waals surface area contributed by atoms with Crippen LogP contribution in [0.3, 0.4) is 0 Å². The van der Waals surface area contributed by atoms with E-state index in [0.717, 1.165) is 5.92 Å². The van der Waals surface area contributed by atoms with Gasteiger partial charge in [0.05, 0.1) is 0 Å². The molecule has 1 aromatic heterocycles. The van der Waals surface area contributed by atoms with Crippen molar-refractivity contribution in [3.63, 3.8) is 0 Å². The Bertz CT molecular complexity index is 664. The van der Waals surface area contributed by atoms with Gasteiger partial charge in [-0.2, -0.15) is 0 Å². The monoisotopic (exact) mass is 369 g/mol. The molecule has 3 rings (SSSR count). The standard InChI is InChI=1S/C21H29GeN/c1-16-19(14-17-10-8-9-11-17)20(22(2,3)4)15-23-21(16)18-12-6-5-7-13-18/h5-7,12-13,15,17H,8-11,14H2,1-4H3. The summed E-state index contributed by atoms with van der Waals surface area (Å²) in [5.41, 5.74) is 5.51.